The van der Waals surface area contributed by atoms with Crippen LogP contribution in [0.4, 0.5) is 5.69 Å². The van der Waals surface area contributed by atoms with E-state index in [0.29, 0.717) is 17.1 Å². The molecule has 26 heavy (non-hydrogen) atoms. The number of carbonyl (C=O) groups excluding carboxylic acids is 2. The lowest BCUT2D eigenvalue weighted by molar-refractivity contribution is -0.116. The molecule has 2 aromatic carbocycles. The Morgan fingerprint density at radius 1 is 1.04 bits per heavy atom. The average molecular weight is 356 g/mol. The van der Waals surface area contributed by atoms with Crippen LogP contribution in [0.15, 0.2) is 42.5 Å². The van der Waals surface area contributed by atoms with Gasteiger partial charge in [-0.15, -0.1) is 0 Å². The van der Waals surface area contributed by atoms with Crippen molar-refractivity contribution in [1.82, 2.24) is 4.90 Å². The molecule has 0 saturated heterocycles. The van der Waals surface area contributed by atoms with Gasteiger partial charge < -0.3 is 19.7 Å². The molecule has 6 heteroatoms. The fourth-order valence-electron chi connectivity index (χ4n) is 2.62. The molecule has 0 atom stereocenters. The summed E-state index contributed by atoms with van der Waals surface area (Å²) >= 11 is 0. The van der Waals surface area contributed by atoms with Crippen LogP contribution in [0.25, 0.3) is 0 Å². The maximum absolute atomic E-state index is 12.6. The fraction of sp³-hybridized carbons (Fsp3) is 0.300. The minimum absolute atomic E-state index is 0.0504. The van der Waals surface area contributed by atoms with Gasteiger partial charge in [0.15, 0.2) is 11.5 Å². The summed E-state index contributed by atoms with van der Waals surface area (Å²) in [6.07, 6.45) is 0.816. The molecule has 0 saturated carbocycles. The Balaban J connectivity index is 2.05. The summed E-state index contributed by atoms with van der Waals surface area (Å²) in [5.41, 5.74) is 2.24. The molecule has 138 valence electrons. The first-order valence-electron chi connectivity index (χ1n) is 8.35. The molecule has 0 aliphatic heterocycles. The molecule has 2 aromatic rings. The minimum atomic E-state index is -0.273. The van der Waals surface area contributed by atoms with Gasteiger partial charge in [0.2, 0.25) is 5.91 Å². The lowest BCUT2D eigenvalue weighted by Crippen LogP contribution is -2.35. The van der Waals surface area contributed by atoms with Crippen LogP contribution in [0.3, 0.4) is 0 Å². The number of carbonyl (C=O) groups is 2. The summed E-state index contributed by atoms with van der Waals surface area (Å²) in [6, 6.07) is 12.5. The van der Waals surface area contributed by atoms with E-state index in [1.807, 2.05) is 31.2 Å². The number of rotatable bonds is 7. The third-order valence-electron chi connectivity index (χ3n) is 4.03. The molecular weight excluding hydrogens is 332 g/mol. The van der Waals surface area contributed by atoms with Crippen LogP contribution in [0.2, 0.25) is 0 Å². The van der Waals surface area contributed by atoms with E-state index in [0.717, 1.165) is 17.7 Å². The van der Waals surface area contributed by atoms with Crippen molar-refractivity contribution in [3.63, 3.8) is 0 Å². The second-order valence-corrected chi connectivity index (χ2v) is 5.79. The van der Waals surface area contributed by atoms with Crippen LogP contribution in [0, 0.1) is 0 Å². The number of benzene rings is 2. The largest absolute Gasteiger partial charge is 0.493 e. The highest BCUT2D eigenvalue weighted by Gasteiger charge is 2.17. The van der Waals surface area contributed by atoms with Gasteiger partial charge in [-0.1, -0.05) is 25.1 Å². The van der Waals surface area contributed by atoms with Gasteiger partial charge in [-0.25, -0.2) is 0 Å². The van der Waals surface area contributed by atoms with E-state index >= 15 is 0 Å². The van der Waals surface area contributed by atoms with Gasteiger partial charge in [0, 0.05) is 18.3 Å². The average Bonchev–Trinajstić information content (AvgIpc) is 2.67. The number of likely N-dealkylation sites (N-methyl/N-ethyl adjacent to an activating group) is 1. The van der Waals surface area contributed by atoms with E-state index in [1.165, 1.54) is 19.1 Å². The lowest BCUT2D eigenvalue weighted by Gasteiger charge is -2.18. The number of methoxy groups -OCH3 is 2. The highest BCUT2D eigenvalue weighted by molar-refractivity contribution is 5.99. The zero-order chi connectivity index (χ0) is 19.1. The number of anilines is 1. The Labute approximate surface area is 153 Å². The Morgan fingerprint density at radius 2 is 1.73 bits per heavy atom. The summed E-state index contributed by atoms with van der Waals surface area (Å²) in [7, 11) is 4.63. The van der Waals surface area contributed by atoms with Crippen molar-refractivity contribution in [3.05, 3.63) is 53.6 Å². The van der Waals surface area contributed by atoms with Gasteiger partial charge in [0.1, 0.15) is 0 Å². The topological polar surface area (TPSA) is 67.9 Å². The number of nitrogens with zero attached hydrogens (tertiary/aromatic N) is 1. The zero-order valence-electron chi connectivity index (χ0n) is 15.5. The summed E-state index contributed by atoms with van der Waals surface area (Å²) in [4.78, 5) is 26.2. The van der Waals surface area contributed by atoms with Crippen molar-refractivity contribution < 1.29 is 19.1 Å². The Kier molecular flexibility index (Phi) is 6.60. The molecule has 2 amide bonds. The molecule has 2 rings (SSSR count). The highest BCUT2D eigenvalue weighted by atomic mass is 16.5. The molecule has 0 radical (unpaired) electrons. The number of nitrogens with one attached hydrogen (secondary N) is 1. The summed E-state index contributed by atoms with van der Waals surface area (Å²) < 4.78 is 10.4. The number of hydrogen-bond donors (Lipinski definition) is 1. The number of aryl methyl sites for hydroxylation is 1. The predicted molar refractivity (Wildman–Crippen MR) is 101 cm³/mol. The van der Waals surface area contributed by atoms with Crippen LogP contribution < -0.4 is 14.8 Å². The number of ether oxygens (including phenoxy) is 2. The molecule has 0 unspecified atom stereocenters. The normalized spacial score (nSPS) is 10.2. The minimum Gasteiger partial charge on any atom is -0.493 e. The molecule has 0 aromatic heterocycles. The maximum Gasteiger partial charge on any atom is 0.254 e. The standard InChI is InChI=1S/C20H24N2O4/c1-5-14-8-6-7-9-16(14)21-19(23)13-22(2)20(24)15-10-11-17(25-3)18(12-15)26-4/h6-12H,5,13H2,1-4H3,(H,21,23). The smallest absolute Gasteiger partial charge is 0.254 e. The van der Waals surface area contributed by atoms with Crippen molar-refractivity contribution in [1.29, 1.82) is 0 Å². The molecule has 0 aliphatic carbocycles. The van der Waals surface area contributed by atoms with Crippen molar-refractivity contribution in [2.75, 3.05) is 33.1 Å². The van der Waals surface area contributed by atoms with Crippen LogP contribution in [0.5, 0.6) is 11.5 Å². The molecule has 0 spiro atoms. The first-order valence-corrected chi connectivity index (χ1v) is 8.35. The van der Waals surface area contributed by atoms with Crippen molar-refractivity contribution in [2.45, 2.75) is 13.3 Å². The van der Waals surface area contributed by atoms with Crippen LogP contribution >= 0.6 is 0 Å². The quantitative estimate of drug-likeness (QED) is 0.828. The van der Waals surface area contributed by atoms with Gasteiger partial charge in [-0.05, 0) is 36.2 Å². The van der Waals surface area contributed by atoms with Gasteiger partial charge in [0.25, 0.3) is 5.91 Å². The number of para-hydroxylation sites is 1. The monoisotopic (exact) mass is 356 g/mol. The number of hydrogen-bond acceptors (Lipinski definition) is 4. The van der Waals surface area contributed by atoms with E-state index in [4.69, 9.17) is 9.47 Å². The van der Waals surface area contributed by atoms with Gasteiger partial charge in [-0.3, -0.25) is 9.59 Å². The van der Waals surface area contributed by atoms with E-state index in [2.05, 4.69) is 5.32 Å². The van der Waals surface area contributed by atoms with Gasteiger partial charge >= 0.3 is 0 Å². The number of amides is 2. The summed E-state index contributed by atoms with van der Waals surface area (Å²) in [5.74, 6) is 0.487. The molecule has 1 N–H and O–H groups in total. The van der Waals surface area contributed by atoms with Crippen LogP contribution in [0.1, 0.15) is 22.8 Å². The molecule has 0 aliphatic rings. The fourth-order valence-corrected chi connectivity index (χ4v) is 2.62. The lowest BCUT2D eigenvalue weighted by atomic mass is 10.1. The van der Waals surface area contributed by atoms with Crippen molar-refractivity contribution in [3.8, 4) is 11.5 Å². The maximum atomic E-state index is 12.6. The summed E-state index contributed by atoms with van der Waals surface area (Å²) in [6.45, 7) is 1.98. The summed E-state index contributed by atoms with van der Waals surface area (Å²) in [5, 5.41) is 2.86. The van der Waals surface area contributed by atoms with Crippen molar-refractivity contribution >= 4 is 17.5 Å². The predicted octanol–water partition coefficient (Wildman–Crippen LogP) is 2.98. The zero-order valence-corrected chi connectivity index (χ0v) is 15.5. The second-order valence-electron chi connectivity index (χ2n) is 5.79. The molecule has 0 bridgehead atoms. The van der Waals surface area contributed by atoms with E-state index < -0.39 is 0 Å². The van der Waals surface area contributed by atoms with E-state index in [-0.39, 0.29) is 18.4 Å². The third-order valence-corrected chi connectivity index (χ3v) is 4.03. The Bertz CT molecular complexity index is 789. The van der Waals surface area contributed by atoms with Crippen molar-refractivity contribution in [2.24, 2.45) is 0 Å². The second kappa shape index (κ2) is 8.89. The SMILES string of the molecule is CCc1ccccc1NC(=O)CN(C)C(=O)c1ccc(OC)c(OC)c1. The van der Waals surface area contributed by atoms with Gasteiger partial charge in [-0.2, -0.15) is 0 Å². The molecule has 6 nitrogen and oxygen atoms in total. The first-order chi connectivity index (χ1) is 12.5. The molecule has 0 heterocycles. The molecular formula is C20H24N2O4. The third kappa shape index (κ3) is 4.53. The first kappa shape index (κ1) is 19.3. The Hall–Kier alpha value is -3.02. The molecule has 0 fully saturated rings. The van der Waals surface area contributed by atoms with Crippen LogP contribution in [-0.2, 0) is 11.2 Å². The Morgan fingerprint density at radius 3 is 2.38 bits per heavy atom. The van der Waals surface area contributed by atoms with E-state index in [1.54, 1.807) is 25.2 Å². The van der Waals surface area contributed by atoms with E-state index in [9.17, 15) is 9.59 Å². The van der Waals surface area contributed by atoms with Crippen LogP contribution in [-0.4, -0.2) is 44.5 Å². The highest BCUT2D eigenvalue weighted by Crippen LogP contribution is 2.28. The van der Waals surface area contributed by atoms with Gasteiger partial charge in [0.05, 0.1) is 20.8 Å².